The van der Waals surface area contributed by atoms with Crippen molar-refractivity contribution in [1.29, 1.82) is 0 Å². The Morgan fingerprint density at radius 1 is 1.23 bits per heavy atom. The van der Waals surface area contributed by atoms with E-state index < -0.39 is 0 Å². The van der Waals surface area contributed by atoms with Crippen LogP contribution in [0.3, 0.4) is 0 Å². The molecule has 0 radical (unpaired) electrons. The van der Waals surface area contributed by atoms with E-state index in [0.717, 1.165) is 44.8 Å². The van der Waals surface area contributed by atoms with Crippen LogP contribution in [0.2, 0.25) is 0 Å². The number of morpholine rings is 1. The van der Waals surface area contributed by atoms with E-state index >= 15 is 0 Å². The van der Waals surface area contributed by atoms with Crippen LogP contribution in [0, 0.1) is 5.82 Å². The Morgan fingerprint density at radius 2 is 2.00 bits per heavy atom. The smallest absolute Gasteiger partial charge is 0.248 e. The first-order valence-electron chi connectivity index (χ1n) is 10.5. The fourth-order valence-corrected chi connectivity index (χ4v) is 4.07. The van der Waals surface area contributed by atoms with Crippen molar-refractivity contribution in [3.8, 4) is 5.75 Å². The zero-order chi connectivity index (χ0) is 20.9. The molecule has 0 spiro atoms. The van der Waals surface area contributed by atoms with Gasteiger partial charge in [0.1, 0.15) is 43.0 Å². The molecule has 30 heavy (non-hydrogen) atoms. The van der Waals surface area contributed by atoms with Gasteiger partial charge in [0, 0.05) is 25.7 Å². The van der Waals surface area contributed by atoms with Gasteiger partial charge in [-0.3, -0.25) is 9.69 Å². The summed E-state index contributed by atoms with van der Waals surface area (Å²) in [6.07, 6.45) is 3.44. The fraction of sp³-hybridized carbons (Fsp3) is 0.571. The minimum absolute atomic E-state index is 0.0391. The van der Waals surface area contributed by atoms with E-state index in [2.05, 4.69) is 26.6 Å². The molecule has 0 aliphatic carbocycles. The van der Waals surface area contributed by atoms with E-state index in [1.807, 2.05) is 4.90 Å². The number of carbonyl (C=O) groups is 1. The lowest BCUT2D eigenvalue weighted by atomic mass is 10.0. The van der Waals surface area contributed by atoms with Crippen LogP contribution in [0.25, 0.3) is 0 Å². The van der Waals surface area contributed by atoms with Crippen LogP contribution in [-0.2, 0) is 22.6 Å². The van der Waals surface area contributed by atoms with Crippen molar-refractivity contribution < 1.29 is 18.7 Å². The Hall–Kier alpha value is -2.52. The second kappa shape index (κ2) is 9.53. The summed E-state index contributed by atoms with van der Waals surface area (Å²) in [6, 6.07) is 6.13. The Bertz CT molecular complexity index is 835. The molecule has 2 fully saturated rings. The summed E-state index contributed by atoms with van der Waals surface area (Å²) in [5.41, 5.74) is 0. The van der Waals surface area contributed by atoms with E-state index in [1.165, 1.54) is 12.1 Å². The number of piperidine rings is 1. The van der Waals surface area contributed by atoms with E-state index in [-0.39, 0.29) is 30.5 Å². The molecular weight excluding hydrogens is 389 g/mol. The molecule has 2 saturated heterocycles. The highest BCUT2D eigenvalue weighted by atomic mass is 19.1. The van der Waals surface area contributed by atoms with Crippen LogP contribution in [0.5, 0.6) is 5.75 Å². The van der Waals surface area contributed by atoms with Crippen molar-refractivity contribution in [2.75, 3.05) is 32.8 Å². The molecule has 9 heteroatoms. The number of rotatable bonds is 7. The van der Waals surface area contributed by atoms with Crippen LogP contribution in [0.15, 0.2) is 30.6 Å². The molecule has 0 N–H and O–H groups in total. The lowest BCUT2D eigenvalue weighted by Crippen LogP contribution is -2.55. The van der Waals surface area contributed by atoms with Crippen molar-refractivity contribution in [3.63, 3.8) is 0 Å². The van der Waals surface area contributed by atoms with Gasteiger partial charge in [-0.05, 0) is 44.0 Å². The molecular formula is C21H28FN5O3. The third-order valence-electron chi connectivity index (χ3n) is 5.81. The molecule has 1 amide bonds. The zero-order valence-corrected chi connectivity index (χ0v) is 17.2. The summed E-state index contributed by atoms with van der Waals surface area (Å²) in [5.74, 6) is 1.32. The van der Waals surface area contributed by atoms with E-state index in [4.69, 9.17) is 9.47 Å². The monoisotopic (exact) mass is 417 g/mol. The third-order valence-corrected chi connectivity index (χ3v) is 5.81. The van der Waals surface area contributed by atoms with Crippen LogP contribution in [0.4, 0.5) is 4.39 Å². The molecule has 2 aliphatic rings. The number of halogens is 1. The molecule has 0 unspecified atom stereocenters. The highest BCUT2D eigenvalue weighted by Gasteiger charge is 2.34. The zero-order valence-electron chi connectivity index (χ0n) is 17.2. The van der Waals surface area contributed by atoms with Crippen molar-refractivity contribution >= 4 is 5.91 Å². The maximum atomic E-state index is 13.0. The van der Waals surface area contributed by atoms with Crippen LogP contribution in [-0.4, -0.2) is 75.5 Å². The number of carbonyl (C=O) groups excluding carboxylic acids is 1. The number of ether oxygens (including phenoxy) is 2. The minimum atomic E-state index is -0.297. The number of aryl methyl sites for hydroxylation is 1. The molecule has 1 aromatic carbocycles. The Kier molecular flexibility index (Phi) is 6.59. The molecule has 8 nitrogen and oxygen atoms in total. The second-order valence-corrected chi connectivity index (χ2v) is 7.78. The minimum Gasteiger partial charge on any atom is -0.491 e. The number of aromatic nitrogens is 3. The summed E-state index contributed by atoms with van der Waals surface area (Å²) < 4.78 is 26.4. The Balaban J connectivity index is 1.27. The van der Waals surface area contributed by atoms with Crippen LogP contribution in [0.1, 0.15) is 25.6 Å². The third kappa shape index (κ3) is 4.96. The molecule has 0 saturated carbocycles. The van der Waals surface area contributed by atoms with Crippen LogP contribution < -0.4 is 4.74 Å². The standard InChI is InChI=1S/C21H28FN5O3/c1-2-26-15-23-24-20(26)12-25-9-7-17(8-10-25)27-11-19(30-14-21(27)28)13-29-18-5-3-16(22)4-6-18/h3-6,15,17,19H,2,7-14H2,1H3/t19-/m1/s1. The second-order valence-electron chi connectivity index (χ2n) is 7.78. The van der Waals surface area contributed by atoms with Crippen molar-refractivity contribution in [3.05, 3.63) is 42.2 Å². The van der Waals surface area contributed by atoms with Gasteiger partial charge in [0.25, 0.3) is 0 Å². The summed E-state index contributed by atoms with van der Waals surface area (Å²) in [6.45, 7) is 6.51. The Labute approximate surface area is 175 Å². The first kappa shape index (κ1) is 20.7. The number of hydrogen-bond donors (Lipinski definition) is 0. The van der Waals surface area contributed by atoms with E-state index in [1.54, 1.807) is 18.5 Å². The topological polar surface area (TPSA) is 72.7 Å². The highest BCUT2D eigenvalue weighted by molar-refractivity contribution is 5.78. The fourth-order valence-electron chi connectivity index (χ4n) is 4.07. The number of nitrogens with zero attached hydrogens (tertiary/aromatic N) is 5. The SMILES string of the molecule is CCn1cnnc1CN1CCC(N2C[C@H](COc3ccc(F)cc3)OCC2=O)CC1. The molecule has 2 aliphatic heterocycles. The first-order chi connectivity index (χ1) is 14.6. The molecule has 162 valence electrons. The maximum absolute atomic E-state index is 13.0. The average Bonchev–Trinajstić information content (AvgIpc) is 3.22. The van der Waals surface area contributed by atoms with Gasteiger partial charge in [-0.15, -0.1) is 10.2 Å². The van der Waals surface area contributed by atoms with Gasteiger partial charge in [0.05, 0.1) is 13.1 Å². The molecule has 3 heterocycles. The lowest BCUT2D eigenvalue weighted by Gasteiger charge is -2.42. The quantitative estimate of drug-likeness (QED) is 0.683. The van der Waals surface area contributed by atoms with Gasteiger partial charge in [-0.1, -0.05) is 0 Å². The molecule has 0 bridgehead atoms. The maximum Gasteiger partial charge on any atom is 0.248 e. The molecule has 1 atom stereocenters. The number of hydrogen-bond acceptors (Lipinski definition) is 6. The summed E-state index contributed by atoms with van der Waals surface area (Å²) in [4.78, 5) is 16.8. The van der Waals surface area contributed by atoms with Gasteiger partial charge in [0.15, 0.2) is 0 Å². The summed E-state index contributed by atoms with van der Waals surface area (Å²) in [5, 5.41) is 8.22. The van der Waals surface area contributed by atoms with Crippen molar-refractivity contribution in [2.45, 2.75) is 45.0 Å². The summed E-state index contributed by atoms with van der Waals surface area (Å²) in [7, 11) is 0. The average molecular weight is 417 g/mol. The molecule has 4 rings (SSSR count). The van der Waals surface area contributed by atoms with Gasteiger partial charge in [0.2, 0.25) is 5.91 Å². The van der Waals surface area contributed by atoms with Gasteiger partial charge >= 0.3 is 0 Å². The lowest BCUT2D eigenvalue weighted by molar-refractivity contribution is -0.155. The van der Waals surface area contributed by atoms with Crippen LogP contribution >= 0.6 is 0 Å². The first-order valence-corrected chi connectivity index (χ1v) is 10.5. The highest BCUT2D eigenvalue weighted by Crippen LogP contribution is 2.22. The predicted molar refractivity (Wildman–Crippen MR) is 107 cm³/mol. The Morgan fingerprint density at radius 3 is 2.73 bits per heavy atom. The number of benzene rings is 1. The van der Waals surface area contributed by atoms with E-state index in [0.29, 0.717) is 18.9 Å². The van der Waals surface area contributed by atoms with Gasteiger partial charge in [-0.2, -0.15) is 0 Å². The van der Waals surface area contributed by atoms with E-state index in [9.17, 15) is 9.18 Å². The number of amides is 1. The normalized spacial score (nSPS) is 21.2. The molecule has 1 aromatic heterocycles. The molecule has 2 aromatic rings. The van der Waals surface area contributed by atoms with Crippen molar-refractivity contribution in [1.82, 2.24) is 24.6 Å². The van der Waals surface area contributed by atoms with Crippen molar-refractivity contribution in [2.24, 2.45) is 0 Å². The van der Waals surface area contributed by atoms with Gasteiger partial charge < -0.3 is 18.9 Å². The van der Waals surface area contributed by atoms with Gasteiger partial charge in [-0.25, -0.2) is 4.39 Å². The largest absolute Gasteiger partial charge is 0.491 e. The summed E-state index contributed by atoms with van der Waals surface area (Å²) >= 11 is 0. The predicted octanol–water partition coefficient (Wildman–Crippen LogP) is 1.71. The number of likely N-dealkylation sites (tertiary alicyclic amines) is 1.